The highest BCUT2D eigenvalue weighted by atomic mass is 16.1. The Morgan fingerprint density at radius 2 is 1.85 bits per heavy atom. The van der Waals surface area contributed by atoms with Gasteiger partial charge in [0.25, 0.3) is 5.91 Å². The molecular weight excluding hydrogens is 320 g/mol. The molecule has 3 nitrogen and oxygen atoms in total. The average molecular weight is 344 g/mol. The van der Waals surface area contributed by atoms with Gasteiger partial charge >= 0.3 is 0 Å². The van der Waals surface area contributed by atoms with Crippen LogP contribution in [0.1, 0.15) is 23.2 Å². The third-order valence-corrected chi connectivity index (χ3v) is 5.85. The van der Waals surface area contributed by atoms with Crippen LogP contribution in [0.3, 0.4) is 0 Å². The van der Waals surface area contributed by atoms with Gasteiger partial charge in [0.1, 0.15) is 0 Å². The predicted molar refractivity (Wildman–Crippen MR) is 105 cm³/mol. The van der Waals surface area contributed by atoms with Gasteiger partial charge < -0.3 is 5.32 Å². The maximum Gasteiger partial charge on any atom is 0.251 e. The smallest absolute Gasteiger partial charge is 0.251 e. The van der Waals surface area contributed by atoms with Crippen LogP contribution in [-0.2, 0) is 0 Å². The van der Waals surface area contributed by atoms with Crippen LogP contribution in [0.5, 0.6) is 0 Å². The predicted octanol–water partition coefficient (Wildman–Crippen LogP) is 3.43. The van der Waals surface area contributed by atoms with Gasteiger partial charge in [-0.15, -0.1) is 12.3 Å². The van der Waals surface area contributed by atoms with Crippen molar-refractivity contribution in [3.05, 3.63) is 60.2 Å². The molecule has 3 heterocycles. The number of hydrogen-bond acceptors (Lipinski definition) is 2. The Morgan fingerprint density at radius 3 is 2.50 bits per heavy atom. The van der Waals surface area contributed by atoms with Crippen molar-refractivity contribution < 1.29 is 4.79 Å². The standard InChI is InChI=1S/C23H24N2O/c1-2-17-16-25-13-12-21(17)14-22(25)15-24-23(26)20-10-8-19(9-11-20)18-6-4-3-5-7-18/h1,3-11,17,21-22H,12-16H2,(H,24,26)/t17-,21-,22+/m0/s1. The molecule has 3 fully saturated rings. The first-order valence-electron chi connectivity index (χ1n) is 9.38. The summed E-state index contributed by atoms with van der Waals surface area (Å²) in [4.78, 5) is 14.9. The van der Waals surface area contributed by atoms with Crippen LogP contribution in [-0.4, -0.2) is 36.5 Å². The molecule has 2 aromatic carbocycles. The zero-order chi connectivity index (χ0) is 17.9. The molecule has 0 aliphatic carbocycles. The highest BCUT2D eigenvalue weighted by Crippen LogP contribution is 2.35. The minimum absolute atomic E-state index is 0.000702. The Hall–Kier alpha value is -2.57. The van der Waals surface area contributed by atoms with Crippen molar-refractivity contribution in [1.29, 1.82) is 0 Å². The number of benzene rings is 2. The third kappa shape index (κ3) is 3.38. The first kappa shape index (κ1) is 16.9. The molecule has 3 heteroatoms. The molecule has 0 saturated carbocycles. The average Bonchev–Trinajstić information content (AvgIpc) is 2.73. The molecule has 5 rings (SSSR count). The van der Waals surface area contributed by atoms with Gasteiger partial charge in [-0.25, -0.2) is 0 Å². The topological polar surface area (TPSA) is 32.3 Å². The summed E-state index contributed by atoms with van der Waals surface area (Å²) in [6.07, 6.45) is 7.94. The number of fused-ring (bicyclic) bond motifs is 3. The zero-order valence-corrected chi connectivity index (χ0v) is 14.9. The zero-order valence-electron chi connectivity index (χ0n) is 14.9. The fourth-order valence-electron chi connectivity index (χ4n) is 4.30. The highest BCUT2D eigenvalue weighted by molar-refractivity contribution is 5.94. The van der Waals surface area contributed by atoms with E-state index in [1.54, 1.807) is 0 Å². The van der Waals surface area contributed by atoms with E-state index < -0.39 is 0 Å². The second-order valence-corrected chi connectivity index (χ2v) is 7.36. The first-order chi connectivity index (χ1) is 12.7. The van der Waals surface area contributed by atoms with Crippen molar-refractivity contribution in [2.45, 2.75) is 18.9 Å². The van der Waals surface area contributed by atoms with Gasteiger partial charge in [-0.3, -0.25) is 9.69 Å². The second-order valence-electron chi connectivity index (χ2n) is 7.36. The largest absolute Gasteiger partial charge is 0.350 e. The van der Waals surface area contributed by atoms with E-state index in [1.165, 1.54) is 6.42 Å². The van der Waals surface area contributed by atoms with Gasteiger partial charge in [-0.1, -0.05) is 42.5 Å². The number of hydrogen-bond donors (Lipinski definition) is 1. The van der Waals surface area contributed by atoms with Crippen LogP contribution in [0, 0.1) is 24.2 Å². The number of nitrogens with one attached hydrogen (secondary N) is 1. The maximum absolute atomic E-state index is 12.5. The fourth-order valence-corrected chi connectivity index (χ4v) is 4.30. The highest BCUT2D eigenvalue weighted by Gasteiger charge is 2.39. The molecule has 1 N–H and O–H groups in total. The maximum atomic E-state index is 12.5. The first-order valence-corrected chi connectivity index (χ1v) is 9.38. The van der Waals surface area contributed by atoms with Crippen molar-refractivity contribution in [2.75, 3.05) is 19.6 Å². The van der Waals surface area contributed by atoms with Gasteiger partial charge in [0.05, 0.1) is 0 Å². The molecule has 3 aliphatic rings. The van der Waals surface area contributed by atoms with Gasteiger partial charge in [-0.05, 0) is 48.6 Å². The van der Waals surface area contributed by atoms with E-state index in [0.29, 0.717) is 30.0 Å². The number of carbonyl (C=O) groups excluding carboxylic acids is 1. The molecule has 0 radical (unpaired) electrons. The van der Waals surface area contributed by atoms with Crippen molar-refractivity contribution in [1.82, 2.24) is 10.2 Å². The molecule has 3 aliphatic heterocycles. The van der Waals surface area contributed by atoms with Gasteiger partial charge in [0, 0.05) is 30.6 Å². The lowest BCUT2D eigenvalue weighted by molar-refractivity contribution is 0.0227. The Balaban J connectivity index is 1.35. The van der Waals surface area contributed by atoms with Crippen LogP contribution < -0.4 is 5.32 Å². The lowest BCUT2D eigenvalue weighted by Gasteiger charge is -2.48. The number of carbonyl (C=O) groups is 1. The van der Waals surface area contributed by atoms with Crippen LogP contribution in [0.4, 0.5) is 0 Å². The Morgan fingerprint density at radius 1 is 1.12 bits per heavy atom. The van der Waals surface area contributed by atoms with E-state index in [-0.39, 0.29) is 5.91 Å². The van der Waals surface area contributed by atoms with Crippen LogP contribution in [0.2, 0.25) is 0 Å². The SMILES string of the molecule is C#C[C@H]1CN2CC[C@H]1C[C@@H]2CNC(=O)c1ccc(-c2ccccc2)cc1. The van der Waals surface area contributed by atoms with Gasteiger partial charge in [0.15, 0.2) is 0 Å². The number of piperidine rings is 3. The molecule has 3 saturated heterocycles. The Kier molecular flexibility index (Phi) is 4.77. The number of amides is 1. The van der Waals surface area contributed by atoms with E-state index in [9.17, 15) is 4.79 Å². The van der Waals surface area contributed by atoms with Crippen molar-refractivity contribution >= 4 is 5.91 Å². The molecule has 132 valence electrons. The minimum Gasteiger partial charge on any atom is -0.350 e. The summed E-state index contributed by atoms with van der Waals surface area (Å²) in [6.45, 7) is 2.79. The van der Waals surface area contributed by atoms with Crippen LogP contribution >= 0.6 is 0 Å². The quantitative estimate of drug-likeness (QED) is 0.862. The molecule has 0 aromatic heterocycles. The van der Waals surface area contributed by atoms with E-state index in [0.717, 1.165) is 30.6 Å². The Labute approximate surface area is 155 Å². The Bertz CT molecular complexity index is 806. The van der Waals surface area contributed by atoms with E-state index >= 15 is 0 Å². The molecule has 4 atom stereocenters. The molecule has 26 heavy (non-hydrogen) atoms. The fraction of sp³-hybridized carbons (Fsp3) is 0.348. The summed E-state index contributed by atoms with van der Waals surface area (Å²) in [6, 6.07) is 18.4. The summed E-state index contributed by atoms with van der Waals surface area (Å²) >= 11 is 0. The number of terminal acetylenes is 1. The van der Waals surface area contributed by atoms with Crippen LogP contribution in [0.25, 0.3) is 11.1 Å². The summed E-state index contributed by atoms with van der Waals surface area (Å²) < 4.78 is 0. The van der Waals surface area contributed by atoms with E-state index in [4.69, 9.17) is 6.42 Å². The summed E-state index contributed by atoms with van der Waals surface area (Å²) in [5.41, 5.74) is 2.99. The van der Waals surface area contributed by atoms with Crippen molar-refractivity contribution in [3.63, 3.8) is 0 Å². The van der Waals surface area contributed by atoms with Crippen molar-refractivity contribution in [2.24, 2.45) is 11.8 Å². The molecule has 1 amide bonds. The molecule has 2 aromatic rings. The second kappa shape index (κ2) is 7.35. The summed E-state index contributed by atoms with van der Waals surface area (Å²) in [7, 11) is 0. The summed E-state index contributed by atoms with van der Waals surface area (Å²) in [5, 5.41) is 3.11. The molecule has 0 spiro atoms. The molecular formula is C23H24N2O. The third-order valence-electron chi connectivity index (χ3n) is 5.85. The molecule has 2 bridgehead atoms. The van der Waals surface area contributed by atoms with Crippen LogP contribution in [0.15, 0.2) is 54.6 Å². The van der Waals surface area contributed by atoms with Crippen molar-refractivity contribution in [3.8, 4) is 23.5 Å². The molecule has 1 unspecified atom stereocenters. The summed E-state index contributed by atoms with van der Waals surface area (Å²) in [5.74, 6) is 3.95. The lowest BCUT2D eigenvalue weighted by atomic mass is 9.76. The number of rotatable bonds is 4. The number of nitrogens with zero attached hydrogens (tertiary/aromatic N) is 1. The van der Waals surface area contributed by atoms with E-state index in [2.05, 4.69) is 28.3 Å². The van der Waals surface area contributed by atoms with Gasteiger partial charge in [0.2, 0.25) is 0 Å². The normalized spacial score (nSPS) is 26.9. The minimum atomic E-state index is 0.000702. The monoisotopic (exact) mass is 344 g/mol. The van der Waals surface area contributed by atoms with Gasteiger partial charge in [-0.2, -0.15) is 0 Å². The lowest BCUT2D eigenvalue weighted by Crippen LogP contribution is -2.56. The van der Waals surface area contributed by atoms with E-state index in [1.807, 2.05) is 42.5 Å².